The van der Waals surface area contributed by atoms with Crippen LogP contribution in [0, 0.1) is 0 Å². The monoisotopic (exact) mass is 397 g/mol. The Morgan fingerprint density at radius 2 is 1.63 bits per heavy atom. The first-order chi connectivity index (χ1) is 12.6. The van der Waals surface area contributed by atoms with Crippen LogP contribution in [-0.2, 0) is 4.79 Å². The van der Waals surface area contributed by atoms with Crippen LogP contribution in [0.3, 0.4) is 0 Å². The number of benzene rings is 1. The maximum atomic E-state index is 12.8. The average Bonchev–Trinajstić information content (AvgIpc) is 3.20. The first-order valence-corrected chi connectivity index (χ1v) is 9.14. The fourth-order valence-electron chi connectivity index (χ4n) is 3.54. The number of nitrogens with one attached hydrogen (secondary N) is 1. The summed E-state index contributed by atoms with van der Waals surface area (Å²) in [5.41, 5.74) is 0.538. The molecule has 3 rings (SSSR count). The molecule has 1 unspecified atom stereocenters. The molecule has 1 atom stereocenters. The lowest BCUT2D eigenvalue weighted by atomic mass is 10.1. The molecule has 0 saturated carbocycles. The van der Waals surface area contributed by atoms with E-state index in [9.17, 15) is 9.59 Å². The molecule has 2 amide bonds. The molecule has 2 aliphatic rings. The van der Waals surface area contributed by atoms with Gasteiger partial charge < -0.3 is 24.6 Å². The smallest absolute Gasteiger partial charge is 0.254 e. The molecule has 2 fully saturated rings. The molecule has 8 heteroatoms. The molecule has 1 aromatic rings. The van der Waals surface area contributed by atoms with E-state index in [-0.39, 0.29) is 24.2 Å². The Morgan fingerprint density at radius 1 is 1.04 bits per heavy atom. The number of piperazine rings is 1. The molecule has 1 aromatic carbocycles. The SMILES string of the molecule is COc1cc(OC)cc(C(=O)N2CCN(C(=O)CC3CCCN3)CC2)c1.Cl. The van der Waals surface area contributed by atoms with E-state index in [1.165, 1.54) is 0 Å². The Balaban J connectivity index is 0.00000261. The maximum absolute atomic E-state index is 12.8. The molecule has 1 N–H and O–H groups in total. The molecule has 0 aromatic heterocycles. The van der Waals surface area contributed by atoms with Gasteiger partial charge in [0, 0.05) is 50.3 Å². The third kappa shape index (κ3) is 5.26. The second-order valence-corrected chi connectivity index (χ2v) is 6.77. The summed E-state index contributed by atoms with van der Waals surface area (Å²) in [6, 6.07) is 5.48. The number of hydrogen-bond acceptors (Lipinski definition) is 5. The molecule has 150 valence electrons. The highest BCUT2D eigenvalue weighted by atomic mass is 35.5. The highest BCUT2D eigenvalue weighted by molar-refractivity contribution is 5.95. The third-order valence-corrected chi connectivity index (χ3v) is 5.10. The van der Waals surface area contributed by atoms with Crippen LogP contribution in [-0.4, -0.2) is 74.6 Å². The molecule has 0 radical (unpaired) electrons. The summed E-state index contributed by atoms with van der Waals surface area (Å²) >= 11 is 0. The van der Waals surface area contributed by atoms with Crippen LogP contribution in [0.2, 0.25) is 0 Å². The standard InChI is InChI=1S/C19H27N3O4.ClH/c1-25-16-10-14(11-17(13-16)26-2)19(24)22-8-6-21(7-9-22)18(23)12-15-4-3-5-20-15;/h10-11,13,15,20H,3-9,12H2,1-2H3;1H. The fraction of sp³-hybridized carbons (Fsp3) is 0.579. The number of rotatable bonds is 5. The number of amides is 2. The van der Waals surface area contributed by atoms with Crippen molar-refractivity contribution in [3.8, 4) is 11.5 Å². The lowest BCUT2D eigenvalue weighted by molar-refractivity contribution is -0.133. The summed E-state index contributed by atoms with van der Waals surface area (Å²) in [6.45, 7) is 3.26. The van der Waals surface area contributed by atoms with Crippen molar-refractivity contribution in [2.24, 2.45) is 0 Å². The van der Waals surface area contributed by atoms with Crippen molar-refractivity contribution in [1.82, 2.24) is 15.1 Å². The molecule has 2 heterocycles. The zero-order valence-electron chi connectivity index (χ0n) is 15.9. The van der Waals surface area contributed by atoms with Crippen LogP contribution in [0.4, 0.5) is 0 Å². The largest absolute Gasteiger partial charge is 0.497 e. The number of methoxy groups -OCH3 is 2. The molecule has 0 aliphatic carbocycles. The van der Waals surface area contributed by atoms with Crippen LogP contribution < -0.4 is 14.8 Å². The van der Waals surface area contributed by atoms with Gasteiger partial charge in [-0.2, -0.15) is 0 Å². The zero-order valence-corrected chi connectivity index (χ0v) is 16.7. The highest BCUT2D eigenvalue weighted by Gasteiger charge is 2.27. The minimum atomic E-state index is -0.0632. The minimum absolute atomic E-state index is 0. The molecule has 2 aliphatic heterocycles. The maximum Gasteiger partial charge on any atom is 0.254 e. The van der Waals surface area contributed by atoms with Crippen LogP contribution in [0.5, 0.6) is 11.5 Å². The second kappa shape index (κ2) is 9.80. The minimum Gasteiger partial charge on any atom is -0.497 e. The van der Waals surface area contributed by atoms with Crippen molar-refractivity contribution in [2.75, 3.05) is 46.9 Å². The van der Waals surface area contributed by atoms with E-state index in [1.54, 1.807) is 37.3 Å². The van der Waals surface area contributed by atoms with Gasteiger partial charge in [-0.25, -0.2) is 0 Å². The Morgan fingerprint density at radius 3 is 2.15 bits per heavy atom. The first-order valence-electron chi connectivity index (χ1n) is 9.14. The highest BCUT2D eigenvalue weighted by Crippen LogP contribution is 2.24. The number of ether oxygens (including phenoxy) is 2. The van der Waals surface area contributed by atoms with Gasteiger partial charge in [-0.15, -0.1) is 12.4 Å². The number of halogens is 1. The van der Waals surface area contributed by atoms with Crippen molar-refractivity contribution in [3.05, 3.63) is 23.8 Å². The van der Waals surface area contributed by atoms with Gasteiger partial charge in [-0.1, -0.05) is 0 Å². The molecule has 0 bridgehead atoms. The van der Waals surface area contributed by atoms with E-state index in [0.717, 1.165) is 19.4 Å². The van der Waals surface area contributed by atoms with E-state index < -0.39 is 0 Å². The van der Waals surface area contributed by atoms with Crippen LogP contribution >= 0.6 is 12.4 Å². The van der Waals surface area contributed by atoms with Gasteiger partial charge in [-0.05, 0) is 31.5 Å². The number of carbonyl (C=O) groups excluding carboxylic acids is 2. The molecular weight excluding hydrogens is 370 g/mol. The Labute approximate surface area is 166 Å². The normalized spacial score (nSPS) is 19.4. The predicted octanol–water partition coefficient (Wildman–Crippen LogP) is 1.55. The number of hydrogen-bond donors (Lipinski definition) is 1. The van der Waals surface area contributed by atoms with Crippen molar-refractivity contribution in [3.63, 3.8) is 0 Å². The summed E-state index contributed by atoms with van der Waals surface area (Å²) < 4.78 is 10.5. The second-order valence-electron chi connectivity index (χ2n) is 6.77. The summed E-state index contributed by atoms with van der Waals surface area (Å²) in [7, 11) is 3.12. The lowest BCUT2D eigenvalue weighted by Gasteiger charge is -2.35. The van der Waals surface area contributed by atoms with Crippen molar-refractivity contribution < 1.29 is 19.1 Å². The van der Waals surface area contributed by atoms with Crippen LogP contribution in [0.1, 0.15) is 29.6 Å². The van der Waals surface area contributed by atoms with E-state index in [0.29, 0.717) is 55.7 Å². The third-order valence-electron chi connectivity index (χ3n) is 5.10. The summed E-state index contributed by atoms with van der Waals surface area (Å²) in [5.74, 6) is 1.29. The van der Waals surface area contributed by atoms with Gasteiger partial charge >= 0.3 is 0 Å². The molecule has 7 nitrogen and oxygen atoms in total. The lowest BCUT2D eigenvalue weighted by Crippen LogP contribution is -2.51. The fourth-order valence-corrected chi connectivity index (χ4v) is 3.54. The van der Waals surface area contributed by atoms with Crippen LogP contribution in [0.15, 0.2) is 18.2 Å². The Hall–Kier alpha value is -1.99. The Kier molecular flexibility index (Phi) is 7.74. The number of carbonyl (C=O) groups is 2. The van der Waals surface area contributed by atoms with Gasteiger partial charge in [0.1, 0.15) is 11.5 Å². The quantitative estimate of drug-likeness (QED) is 0.816. The molecule has 0 spiro atoms. The first kappa shape index (κ1) is 21.3. The van der Waals surface area contributed by atoms with Crippen molar-refractivity contribution in [1.29, 1.82) is 0 Å². The molecule has 27 heavy (non-hydrogen) atoms. The Bertz CT molecular complexity index is 634. The summed E-state index contributed by atoms with van der Waals surface area (Å²) in [5, 5.41) is 3.36. The average molecular weight is 398 g/mol. The van der Waals surface area contributed by atoms with E-state index in [2.05, 4.69) is 5.32 Å². The van der Waals surface area contributed by atoms with E-state index in [4.69, 9.17) is 9.47 Å². The van der Waals surface area contributed by atoms with Gasteiger partial charge in [0.25, 0.3) is 5.91 Å². The van der Waals surface area contributed by atoms with Gasteiger partial charge in [0.05, 0.1) is 14.2 Å². The van der Waals surface area contributed by atoms with Crippen LogP contribution in [0.25, 0.3) is 0 Å². The summed E-state index contributed by atoms with van der Waals surface area (Å²) in [4.78, 5) is 28.9. The molecular formula is C19H28ClN3O4. The topological polar surface area (TPSA) is 71.1 Å². The van der Waals surface area contributed by atoms with Gasteiger partial charge in [0.2, 0.25) is 5.91 Å². The van der Waals surface area contributed by atoms with E-state index in [1.807, 2.05) is 4.90 Å². The summed E-state index contributed by atoms with van der Waals surface area (Å²) in [6.07, 6.45) is 2.77. The zero-order chi connectivity index (χ0) is 18.5. The van der Waals surface area contributed by atoms with Crippen molar-refractivity contribution >= 4 is 24.2 Å². The van der Waals surface area contributed by atoms with Crippen molar-refractivity contribution in [2.45, 2.75) is 25.3 Å². The predicted molar refractivity (Wildman–Crippen MR) is 105 cm³/mol. The van der Waals surface area contributed by atoms with Gasteiger partial charge in [0.15, 0.2) is 0 Å². The number of nitrogens with zero attached hydrogens (tertiary/aromatic N) is 2. The van der Waals surface area contributed by atoms with E-state index >= 15 is 0 Å². The van der Waals surface area contributed by atoms with Gasteiger partial charge in [-0.3, -0.25) is 9.59 Å². The molecule has 2 saturated heterocycles.